The van der Waals surface area contributed by atoms with Gasteiger partial charge in [-0.2, -0.15) is 4.31 Å². The number of carbonyl (C=O) groups excluding carboxylic acids is 1. The van der Waals surface area contributed by atoms with Crippen molar-refractivity contribution in [1.29, 1.82) is 0 Å². The number of benzene rings is 2. The lowest BCUT2D eigenvalue weighted by atomic mass is 10.2. The SMILES string of the molecule is CC(C(=O)Nc1cccc(Cl)c1)N1CCN(S(=O)(=O)c2ccccc2Cl)CC1. The Morgan fingerprint density at radius 1 is 1.04 bits per heavy atom. The summed E-state index contributed by atoms with van der Waals surface area (Å²) in [4.78, 5) is 14.6. The number of piperazine rings is 1. The Morgan fingerprint density at radius 3 is 2.36 bits per heavy atom. The van der Waals surface area contributed by atoms with E-state index in [2.05, 4.69) is 5.32 Å². The number of amides is 1. The molecule has 1 unspecified atom stereocenters. The minimum atomic E-state index is -3.66. The molecule has 1 aliphatic heterocycles. The molecule has 2 aromatic rings. The van der Waals surface area contributed by atoms with Crippen LogP contribution in [0.1, 0.15) is 6.92 Å². The van der Waals surface area contributed by atoms with Gasteiger partial charge in [0.05, 0.1) is 11.1 Å². The molecule has 1 N–H and O–H groups in total. The molecule has 1 amide bonds. The summed E-state index contributed by atoms with van der Waals surface area (Å²) < 4.78 is 27.1. The lowest BCUT2D eigenvalue weighted by Crippen LogP contribution is -2.53. The van der Waals surface area contributed by atoms with Crippen LogP contribution in [0.5, 0.6) is 0 Å². The Kier molecular flexibility index (Phi) is 6.62. The molecule has 0 aliphatic carbocycles. The number of hydrogen-bond acceptors (Lipinski definition) is 4. The molecule has 0 saturated carbocycles. The normalized spacial score (nSPS) is 17.2. The van der Waals surface area contributed by atoms with E-state index in [-0.39, 0.29) is 15.8 Å². The van der Waals surface area contributed by atoms with E-state index in [1.54, 1.807) is 49.4 Å². The smallest absolute Gasteiger partial charge is 0.244 e. The molecule has 0 radical (unpaired) electrons. The van der Waals surface area contributed by atoms with Crippen LogP contribution in [-0.2, 0) is 14.8 Å². The van der Waals surface area contributed by atoms with Gasteiger partial charge in [-0.3, -0.25) is 9.69 Å². The molecule has 0 spiro atoms. The summed E-state index contributed by atoms with van der Waals surface area (Å²) in [5, 5.41) is 3.59. The zero-order valence-electron chi connectivity index (χ0n) is 15.3. The first kappa shape index (κ1) is 21.1. The second kappa shape index (κ2) is 8.80. The Bertz CT molecular complexity index is 960. The summed E-state index contributed by atoms with van der Waals surface area (Å²) in [6.07, 6.45) is 0. The van der Waals surface area contributed by atoms with Crippen molar-refractivity contribution < 1.29 is 13.2 Å². The van der Waals surface area contributed by atoms with Gasteiger partial charge in [-0.25, -0.2) is 8.42 Å². The molecular formula is C19H21Cl2N3O3S. The molecule has 9 heteroatoms. The lowest BCUT2D eigenvalue weighted by Gasteiger charge is -2.36. The van der Waals surface area contributed by atoms with Gasteiger partial charge in [0.25, 0.3) is 0 Å². The van der Waals surface area contributed by atoms with E-state index in [0.717, 1.165) is 0 Å². The average Bonchev–Trinajstić information content (AvgIpc) is 2.67. The van der Waals surface area contributed by atoms with Crippen molar-refractivity contribution in [3.8, 4) is 0 Å². The highest BCUT2D eigenvalue weighted by atomic mass is 35.5. The van der Waals surface area contributed by atoms with Crippen molar-refractivity contribution in [2.24, 2.45) is 0 Å². The van der Waals surface area contributed by atoms with Crippen LogP contribution >= 0.6 is 23.2 Å². The van der Waals surface area contributed by atoms with Crippen LogP contribution < -0.4 is 5.32 Å². The van der Waals surface area contributed by atoms with Crippen molar-refractivity contribution in [3.63, 3.8) is 0 Å². The topological polar surface area (TPSA) is 69.7 Å². The molecule has 1 saturated heterocycles. The predicted molar refractivity (Wildman–Crippen MR) is 111 cm³/mol. The standard InChI is InChI=1S/C19H21Cl2N3O3S/c1-14(19(25)22-16-6-4-5-15(20)13-16)23-9-11-24(12-10-23)28(26,27)18-8-3-2-7-17(18)21/h2-8,13-14H,9-12H2,1H3,(H,22,25). The maximum absolute atomic E-state index is 12.8. The highest BCUT2D eigenvalue weighted by Gasteiger charge is 2.32. The first-order chi connectivity index (χ1) is 13.3. The van der Waals surface area contributed by atoms with Crippen LogP contribution in [0.2, 0.25) is 10.0 Å². The first-order valence-corrected chi connectivity index (χ1v) is 11.0. The highest BCUT2D eigenvalue weighted by Crippen LogP contribution is 2.25. The summed E-state index contributed by atoms with van der Waals surface area (Å²) in [5.74, 6) is -0.162. The number of hydrogen-bond donors (Lipinski definition) is 1. The quantitative estimate of drug-likeness (QED) is 0.772. The second-order valence-corrected chi connectivity index (χ2v) is 9.30. The van der Waals surface area contributed by atoms with Gasteiger partial charge in [-0.05, 0) is 37.3 Å². The highest BCUT2D eigenvalue weighted by molar-refractivity contribution is 7.89. The monoisotopic (exact) mass is 441 g/mol. The third-order valence-electron chi connectivity index (χ3n) is 4.75. The first-order valence-electron chi connectivity index (χ1n) is 8.84. The van der Waals surface area contributed by atoms with Gasteiger partial charge >= 0.3 is 0 Å². The van der Waals surface area contributed by atoms with Crippen molar-refractivity contribution in [2.45, 2.75) is 17.9 Å². The zero-order valence-corrected chi connectivity index (χ0v) is 17.6. The molecule has 0 aromatic heterocycles. The van der Waals surface area contributed by atoms with Crippen molar-refractivity contribution >= 4 is 44.8 Å². The van der Waals surface area contributed by atoms with E-state index in [9.17, 15) is 13.2 Å². The van der Waals surface area contributed by atoms with E-state index >= 15 is 0 Å². The van der Waals surface area contributed by atoms with Gasteiger partial charge in [0.1, 0.15) is 4.90 Å². The zero-order chi connectivity index (χ0) is 20.3. The maximum atomic E-state index is 12.8. The minimum Gasteiger partial charge on any atom is -0.325 e. The summed E-state index contributed by atoms with van der Waals surface area (Å²) in [6, 6.07) is 13.0. The van der Waals surface area contributed by atoms with Crippen molar-refractivity contribution in [3.05, 3.63) is 58.6 Å². The minimum absolute atomic E-state index is 0.108. The number of carbonyl (C=O) groups is 1. The van der Waals surface area contributed by atoms with E-state index in [1.165, 1.54) is 10.4 Å². The van der Waals surface area contributed by atoms with Gasteiger partial charge in [-0.15, -0.1) is 0 Å². The third kappa shape index (κ3) is 4.67. The number of nitrogens with zero attached hydrogens (tertiary/aromatic N) is 2. The fourth-order valence-electron chi connectivity index (χ4n) is 3.10. The average molecular weight is 442 g/mol. The van der Waals surface area contributed by atoms with Gasteiger partial charge < -0.3 is 5.32 Å². The largest absolute Gasteiger partial charge is 0.325 e. The number of anilines is 1. The molecule has 1 fully saturated rings. The summed E-state index contributed by atoms with van der Waals surface area (Å²) in [7, 11) is -3.66. The van der Waals surface area contributed by atoms with E-state index in [0.29, 0.717) is 36.9 Å². The Morgan fingerprint density at radius 2 is 1.71 bits per heavy atom. The Labute approximate surface area is 175 Å². The van der Waals surface area contributed by atoms with Crippen molar-refractivity contribution in [1.82, 2.24) is 9.21 Å². The van der Waals surface area contributed by atoms with E-state index in [4.69, 9.17) is 23.2 Å². The molecule has 28 heavy (non-hydrogen) atoms. The van der Waals surface area contributed by atoms with Gasteiger partial charge in [0, 0.05) is 36.9 Å². The van der Waals surface area contributed by atoms with Gasteiger partial charge in [0.2, 0.25) is 15.9 Å². The van der Waals surface area contributed by atoms with Gasteiger partial charge in [-0.1, -0.05) is 41.4 Å². The fourth-order valence-corrected chi connectivity index (χ4v) is 5.21. The number of rotatable bonds is 5. The molecule has 1 atom stereocenters. The number of halogens is 2. The lowest BCUT2D eigenvalue weighted by molar-refractivity contribution is -0.121. The van der Waals surface area contributed by atoms with Crippen LogP contribution in [0.3, 0.4) is 0 Å². The Hall–Kier alpha value is -1.64. The van der Waals surface area contributed by atoms with Crippen LogP contribution in [-0.4, -0.2) is 55.8 Å². The molecule has 150 valence electrons. The predicted octanol–water partition coefficient (Wildman–Crippen LogP) is 3.33. The molecule has 3 rings (SSSR count). The number of sulfonamides is 1. The number of nitrogens with one attached hydrogen (secondary N) is 1. The van der Waals surface area contributed by atoms with E-state index < -0.39 is 16.1 Å². The molecule has 1 heterocycles. The molecule has 1 aliphatic rings. The molecular weight excluding hydrogens is 421 g/mol. The van der Waals surface area contributed by atoms with Gasteiger partial charge in [0.15, 0.2) is 0 Å². The van der Waals surface area contributed by atoms with E-state index in [1.807, 2.05) is 4.90 Å². The van der Waals surface area contributed by atoms with Crippen LogP contribution in [0.4, 0.5) is 5.69 Å². The molecule has 6 nitrogen and oxygen atoms in total. The third-order valence-corrected chi connectivity index (χ3v) is 7.38. The Balaban J connectivity index is 1.61. The van der Waals surface area contributed by atoms with Crippen LogP contribution in [0.15, 0.2) is 53.4 Å². The molecule has 0 bridgehead atoms. The van der Waals surface area contributed by atoms with Crippen LogP contribution in [0.25, 0.3) is 0 Å². The molecule has 2 aromatic carbocycles. The second-order valence-electron chi connectivity index (χ2n) is 6.55. The van der Waals surface area contributed by atoms with Crippen LogP contribution in [0, 0.1) is 0 Å². The van der Waals surface area contributed by atoms with Crippen molar-refractivity contribution in [2.75, 3.05) is 31.5 Å². The summed E-state index contributed by atoms with van der Waals surface area (Å²) in [5.41, 5.74) is 0.629. The summed E-state index contributed by atoms with van der Waals surface area (Å²) in [6.45, 7) is 3.30. The fraction of sp³-hybridized carbons (Fsp3) is 0.316. The summed E-state index contributed by atoms with van der Waals surface area (Å²) >= 11 is 12.0. The maximum Gasteiger partial charge on any atom is 0.244 e.